The molecule has 0 amide bonds. The molecule has 142 valence electrons. The minimum Gasteiger partial charge on any atom is -0.285 e. The Labute approximate surface area is 170 Å². The molecule has 0 aliphatic rings. The van der Waals surface area contributed by atoms with Gasteiger partial charge in [0.15, 0.2) is 0 Å². The number of para-hydroxylation sites is 1. The zero-order chi connectivity index (χ0) is 20.1. The summed E-state index contributed by atoms with van der Waals surface area (Å²) in [6.45, 7) is 0. The highest BCUT2D eigenvalue weighted by atomic mass is 16.2. The predicted octanol–water partition coefficient (Wildman–Crippen LogP) is 5.48. The topological polar surface area (TPSA) is 47.0 Å². The Morgan fingerprint density at radius 1 is 0.655 bits per heavy atom. The molecule has 0 bridgehead atoms. The number of benzene rings is 3. The molecule has 0 aliphatic carbocycles. The minimum atomic E-state index is -0.464. The van der Waals surface area contributed by atoms with Crippen molar-refractivity contribution in [2.24, 2.45) is 0 Å². The van der Waals surface area contributed by atoms with Crippen LogP contribution in [-0.2, 0) is 12.8 Å². The van der Waals surface area contributed by atoms with E-state index in [1.165, 1.54) is 0 Å². The first-order chi connectivity index (χ1) is 14.2. The number of fused-ring (bicyclic) bond motifs is 1. The van der Waals surface area contributed by atoms with Gasteiger partial charge in [-0.3, -0.25) is 14.6 Å². The monoisotopic (exact) mass is 379 g/mol. The van der Waals surface area contributed by atoms with Crippen LogP contribution in [0.5, 0.6) is 0 Å². The molecule has 0 unspecified atom stereocenters. The van der Waals surface area contributed by atoms with E-state index >= 15 is 0 Å². The third kappa shape index (κ3) is 4.30. The van der Waals surface area contributed by atoms with Gasteiger partial charge in [0.2, 0.25) is 11.6 Å². The lowest BCUT2D eigenvalue weighted by Gasteiger charge is -2.09. The second kappa shape index (κ2) is 8.61. The number of hydrogen-bond acceptors (Lipinski definition) is 3. The maximum absolute atomic E-state index is 12.8. The van der Waals surface area contributed by atoms with Gasteiger partial charge in [-0.1, -0.05) is 78.9 Å². The number of aromatic nitrogens is 1. The van der Waals surface area contributed by atoms with Gasteiger partial charge in [-0.15, -0.1) is 0 Å². The van der Waals surface area contributed by atoms with Crippen LogP contribution >= 0.6 is 0 Å². The molecule has 0 saturated heterocycles. The van der Waals surface area contributed by atoms with E-state index in [4.69, 9.17) is 4.98 Å². The summed E-state index contributed by atoms with van der Waals surface area (Å²) in [6, 6.07) is 28.3. The van der Waals surface area contributed by atoms with E-state index in [9.17, 15) is 9.59 Å². The second-order valence-corrected chi connectivity index (χ2v) is 7.03. The molecule has 0 atom stereocenters. The summed E-state index contributed by atoms with van der Waals surface area (Å²) in [6.07, 6.45) is 2.40. The summed E-state index contributed by atoms with van der Waals surface area (Å²) >= 11 is 0. The Morgan fingerprint density at radius 2 is 1.38 bits per heavy atom. The van der Waals surface area contributed by atoms with E-state index in [0.29, 0.717) is 11.1 Å². The van der Waals surface area contributed by atoms with Crippen molar-refractivity contribution in [2.75, 3.05) is 0 Å². The van der Waals surface area contributed by atoms with Crippen molar-refractivity contribution in [3.8, 4) is 0 Å². The Bertz CT molecular complexity index is 1170. The molecule has 1 heterocycles. The van der Waals surface area contributed by atoms with Gasteiger partial charge in [-0.25, -0.2) is 0 Å². The summed E-state index contributed by atoms with van der Waals surface area (Å²) in [5.74, 6) is -0.912. The van der Waals surface area contributed by atoms with Crippen molar-refractivity contribution in [1.29, 1.82) is 0 Å². The Kier molecular flexibility index (Phi) is 5.57. The standard InChI is InChI=1S/C26H21NO2/c28-25(21-11-2-1-3-12-21)26(29)23-15-6-4-9-19(23)13-8-14-22-18-17-20-10-5-7-16-24(20)27-22/h1-7,9-12,15-18H,8,13-14H2. The molecule has 0 saturated carbocycles. The van der Waals surface area contributed by atoms with Gasteiger partial charge >= 0.3 is 0 Å². The molecule has 3 aromatic carbocycles. The molecule has 3 nitrogen and oxygen atoms in total. The van der Waals surface area contributed by atoms with Crippen LogP contribution in [0, 0.1) is 0 Å². The van der Waals surface area contributed by atoms with E-state index < -0.39 is 11.6 Å². The Balaban J connectivity index is 1.46. The number of hydrogen-bond donors (Lipinski definition) is 0. The van der Waals surface area contributed by atoms with E-state index in [1.54, 1.807) is 36.4 Å². The van der Waals surface area contributed by atoms with Crippen molar-refractivity contribution < 1.29 is 9.59 Å². The summed E-state index contributed by atoms with van der Waals surface area (Å²) in [5, 5.41) is 1.13. The molecule has 0 N–H and O–H groups in total. The van der Waals surface area contributed by atoms with E-state index in [-0.39, 0.29) is 0 Å². The van der Waals surface area contributed by atoms with Gasteiger partial charge in [0, 0.05) is 22.2 Å². The molecule has 0 radical (unpaired) electrons. The zero-order valence-corrected chi connectivity index (χ0v) is 16.0. The molecule has 0 fully saturated rings. The number of rotatable bonds is 7. The van der Waals surface area contributed by atoms with Gasteiger partial charge in [-0.05, 0) is 37.0 Å². The van der Waals surface area contributed by atoms with E-state index in [2.05, 4.69) is 18.2 Å². The zero-order valence-electron chi connectivity index (χ0n) is 16.0. The highest BCUT2D eigenvalue weighted by molar-refractivity contribution is 6.49. The molecule has 4 rings (SSSR count). The Morgan fingerprint density at radius 3 is 2.24 bits per heavy atom. The number of Topliss-reactive ketones (excluding diaryl/α,β-unsaturated/α-hetero) is 2. The van der Waals surface area contributed by atoms with Crippen LogP contribution in [0.3, 0.4) is 0 Å². The van der Waals surface area contributed by atoms with E-state index in [0.717, 1.165) is 41.4 Å². The molecule has 1 aromatic heterocycles. The lowest BCUT2D eigenvalue weighted by Crippen LogP contribution is -2.16. The number of carbonyl (C=O) groups is 2. The highest BCUT2D eigenvalue weighted by Gasteiger charge is 2.20. The van der Waals surface area contributed by atoms with Crippen LogP contribution in [0.4, 0.5) is 0 Å². The maximum Gasteiger partial charge on any atom is 0.233 e. The van der Waals surface area contributed by atoms with Gasteiger partial charge in [-0.2, -0.15) is 0 Å². The highest BCUT2D eigenvalue weighted by Crippen LogP contribution is 2.17. The lowest BCUT2D eigenvalue weighted by molar-refractivity contribution is 0.0816. The third-order valence-electron chi connectivity index (χ3n) is 5.04. The normalized spacial score (nSPS) is 10.8. The molecular formula is C26H21NO2. The number of carbonyl (C=O) groups excluding carboxylic acids is 2. The number of pyridine rings is 1. The summed E-state index contributed by atoms with van der Waals surface area (Å²) in [4.78, 5) is 30.1. The maximum atomic E-state index is 12.8. The number of aryl methyl sites for hydroxylation is 2. The third-order valence-corrected chi connectivity index (χ3v) is 5.04. The van der Waals surface area contributed by atoms with Crippen LogP contribution < -0.4 is 0 Å². The van der Waals surface area contributed by atoms with Crippen LogP contribution in [0.1, 0.15) is 38.4 Å². The Hall–Kier alpha value is -3.59. The molecular weight excluding hydrogens is 358 g/mol. The van der Waals surface area contributed by atoms with Crippen LogP contribution in [0.2, 0.25) is 0 Å². The SMILES string of the molecule is O=C(C(=O)c1ccccc1CCCc1ccc2ccccc2n1)c1ccccc1. The fourth-order valence-electron chi connectivity index (χ4n) is 3.51. The summed E-state index contributed by atoms with van der Waals surface area (Å²) in [7, 11) is 0. The average Bonchev–Trinajstić information content (AvgIpc) is 2.79. The molecule has 0 spiro atoms. The smallest absolute Gasteiger partial charge is 0.233 e. The fraction of sp³-hybridized carbons (Fsp3) is 0.115. The molecule has 0 aliphatic heterocycles. The quantitative estimate of drug-likeness (QED) is 0.316. The summed E-state index contributed by atoms with van der Waals surface area (Å²) in [5.41, 5.74) is 3.85. The van der Waals surface area contributed by atoms with Crippen molar-refractivity contribution in [3.05, 3.63) is 113 Å². The van der Waals surface area contributed by atoms with Crippen molar-refractivity contribution in [3.63, 3.8) is 0 Å². The van der Waals surface area contributed by atoms with Gasteiger partial charge in [0.05, 0.1) is 5.52 Å². The van der Waals surface area contributed by atoms with Gasteiger partial charge in [0.25, 0.3) is 0 Å². The first-order valence-corrected chi connectivity index (χ1v) is 9.79. The second-order valence-electron chi connectivity index (χ2n) is 7.03. The predicted molar refractivity (Wildman–Crippen MR) is 115 cm³/mol. The van der Waals surface area contributed by atoms with Gasteiger partial charge in [0.1, 0.15) is 0 Å². The van der Waals surface area contributed by atoms with Crippen molar-refractivity contribution in [1.82, 2.24) is 4.98 Å². The number of nitrogens with zero attached hydrogens (tertiary/aromatic N) is 1. The van der Waals surface area contributed by atoms with Crippen LogP contribution in [0.25, 0.3) is 10.9 Å². The van der Waals surface area contributed by atoms with Crippen molar-refractivity contribution in [2.45, 2.75) is 19.3 Å². The summed E-state index contributed by atoms with van der Waals surface area (Å²) < 4.78 is 0. The molecule has 4 aromatic rings. The first kappa shape index (κ1) is 18.8. The lowest BCUT2D eigenvalue weighted by atomic mass is 9.94. The fourth-order valence-corrected chi connectivity index (χ4v) is 3.51. The van der Waals surface area contributed by atoms with Gasteiger partial charge < -0.3 is 0 Å². The first-order valence-electron chi connectivity index (χ1n) is 9.79. The average molecular weight is 379 g/mol. The minimum absolute atomic E-state index is 0.424. The number of ketones is 2. The largest absolute Gasteiger partial charge is 0.285 e. The van der Waals surface area contributed by atoms with Crippen LogP contribution in [0.15, 0.2) is 91.0 Å². The van der Waals surface area contributed by atoms with Crippen LogP contribution in [-0.4, -0.2) is 16.6 Å². The van der Waals surface area contributed by atoms with E-state index in [1.807, 2.05) is 36.4 Å². The molecule has 29 heavy (non-hydrogen) atoms. The molecule has 3 heteroatoms. The van der Waals surface area contributed by atoms with Crippen molar-refractivity contribution >= 4 is 22.5 Å².